The van der Waals surface area contributed by atoms with Gasteiger partial charge in [0.2, 0.25) is 11.8 Å². The van der Waals surface area contributed by atoms with E-state index in [0.717, 1.165) is 17.5 Å². The van der Waals surface area contributed by atoms with Crippen molar-refractivity contribution in [2.75, 3.05) is 5.75 Å². The van der Waals surface area contributed by atoms with Gasteiger partial charge in [-0.25, -0.2) is 4.39 Å². The van der Waals surface area contributed by atoms with Crippen LogP contribution in [0.4, 0.5) is 4.39 Å². The number of hydrogen-bond donors (Lipinski definition) is 1. The number of nitrogens with zero attached hydrogens (tertiary/aromatic N) is 1. The van der Waals surface area contributed by atoms with Crippen molar-refractivity contribution in [2.45, 2.75) is 51.1 Å². The second-order valence-electron chi connectivity index (χ2n) is 8.76. The second kappa shape index (κ2) is 14.0. The fraction of sp³-hybridized carbons (Fsp3) is 0.310. The predicted molar refractivity (Wildman–Crippen MR) is 146 cm³/mol. The standard InChI is InChI=1S/C29H32ClFN2O2S/c1-3-21(2)32-29(35)27(17-22-10-5-4-6-11-22)33(18-23-12-9-14-25(30)16-23)28(34)20-36-19-24-13-7-8-15-26(24)31/h4-16,21,27H,3,17-20H2,1-2H3,(H,32,35)/t21-,27-/m1/s1. The first-order valence-corrected chi connectivity index (χ1v) is 13.6. The molecule has 4 nitrogen and oxygen atoms in total. The average molecular weight is 527 g/mol. The Labute approximate surface area is 222 Å². The molecule has 2 amide bonds. The molecule has 0 saturated heterocycles. The summed E-state index contributed by atoms with van der Waals surface area (Å²) < 4.78 is 14.1. The largest absolute Gasteiger partial charge is 0.352 e. The molecule has 3 aromatic rings. The van der Waals surface area contributed by atoms with E-state index in [0.29, 0.717) is 22.8 Å². The molecule has 0 aliphatic carbocycles. The lowest BCUT2D eigenvalue weighted by Crippen LogP contribution is -2.52. The molecule has 0 aromatic heterocycles. The third kappa shape index (κ3) is 8.38. The van der Waals surface area contributed by atoms with Gasteiger partial charge in [0.25, 0.3) is 0 Å². The molecule has 3 rings (SSSR count). The highest BCUT2D eigenvalue weighted by atomic mass is 35.5. The van der Waals surface area contributed by atoms with Crippen LogP contribution in [0.25, 0.3) is 0 Å². The highest BCUT2D eigenvalue weighted by Crippen LogP contribution is 2.21. The van der Waals surface area contributed by atoms with Crippen molar-refractivity contribution in [3.8, 4) is 0 Å². The van der Waals surface area contributed by atoms with Crippen LogP contribution in [0.15, 0.2) is 78.9 Å². The highest BCUT2D eigenvalue weighted by Gasteiger charge is 2.31. The Morgan fingerprint density at radius 1 is 1.00 bits per heavy atom. The minimum atomic E-state index is -0.707. The first-order valence-electron chi connectivity index (χ1n) is 12.1. The van der Waals surface area contributed by atoms with Crippen molar-refractivity contribution in [3.63, 3.8) is 0 Å². The first-order chi connectivity index (χ1) is 17.4. The summed E-state index contributed by atoms with van der Waals surface area (Å²) in [6.07, 6.45) is 1.16. The Bertz CT molecular complexity index is 1140. The molecule has 0 aliphatic heterocycles. The molecule has 0 heterocycles. The summed E-state index contributed by atoms with van der Waals surface area (Å²) in [4.78, 5) is 28.7. The van der Waals surface area contributed by atoms with Crippen LogP contribution >= 0.6 is 23.4 Å². The summed E-state index contributed by atoms with van der Waals surface area (Å²) in [6, 6.07) is 22.8. The van der Waals surface area contributed by atoms with E-state index in [9.17, 15) is 14.0 Å². The van der Waals surface area contributed by atoms with Gasteiger partial charge in [0.1, 0.15) is 11.9 Å². The molecule has 3 aromatic carbocycles. The van der Waals surface area contributed by atoms with Crippen LogP contribution in [0, 0.1) is 5.82 Å². The summed E-state index contributed by atoms with van der Waals surface area (Å²) in [7, 11) is 0. The van der Waals surface area contributed by atoms with Gasteiger partial charge in [-0.1, -0.05) is 79.2 Å². The molecule has 1 N–H and O–H groups in total. The van der Waals surface area contributed by atoms with Gasteiger partial charge >= 0.3 is 0 Å². The van der Waals surface area contributed by atoms with Crippen LogP contribution in [-0.4, -0.2) is 34.6 Å². The van der Waals surface area contributed by atoms with Gasteiger partial charge in [0, 0.05) is 29.8 Å². The van der Waals surface area contributed by atoms with Crippen LogP contribution in [0.2, 0.25) is 5.02 Å². The van der Waals surface area contributed by atoms with E-state index in [1.807, 2.05) is 56.3 Å². The van der Waals surface area contributed by atoms with Gasteiger partial charge in [-0.3, -0.25) is 9.59 Å². The topological polar surface area (TPSA) is 49.4 Å². The zero-order valence-corrected chi connectivity index (χ0v) is 22.2. The molecule has 36 heavy (non-hydrogen) atoms. The van der Waals surface area contributed by atoms with Gasteiger partial charge in [-0.05, 0) is 48.2 Å². The molecule has 0 saturated carbocycles. The Morgan fingerprint density at radius 3 is 2.39 bits per heavy atom. The molecule has 0 aliphatic rings. The SMILES string of the molecule is CC[C@@H](C)NC(=O)[C@@H](Cc1ccccc1)N(Cc1cccc(Cl)c1)C(=O)CSCc1ccccc1F. The van der Waals surface area contributed by atoms with Crippen molar-refractivity contribution in [2.24, 2.45) is 0 Å². The number of carbonyl (C=O) groups excluding carboxylic acids is 2. The molecule has 7 heteroatoms. The number of halogens is 2. The van der Waals surface area contributed by atoms with E-state index in [1.54, 1.807) is 35.2 Å². The number of carbonyl (C=O) groups is 2. The molecule has 190 valence electrons. The first kappa shape index (κ1) is 27.8. The minimum absolute atomic E-state index is 0.0191. The van der Waals surface area contributed by atoms with Gasteiger partial charge in [0.15, 0.2) is 0 Å². The molecule has 0 unspecified atom stereocenters. The summed E-state index contributed by atoms with van der Waals surface area (Å²) >= 11 is 7.55. The molecule has 0 spiro atoms. The molecular formula is C29H32ClFN2O2S. The fourth-order valence-electron chi connectivity index (χ4n) is 3.77. The number of rotatable bonds is 12. The lowest BCUT2D eigenvalue weighted by atomic mass is 10.0. The van der Waals surface area contributed by atoms with Crippen molar-refractivity contribution in [3.05, 3.63) is 106 Å². The van der Waals surface area contributed by atoms with E-state index in [2.05, 4.69) is 5.32 Å². The monoisotopic (exact) mass is 526 g/mol. The quantitative estimate of drug-likeness (QED) is 0.303. The van der Waals surface area contributed by atoms with Gasteiger partial charge < -0.3 is 10.2 Å². The minimum Gasteiger partial charge on any atom is -0.352 e. The average Bonchev–Trinajstić information content (AvgIpc) is 2.87. The van der Waals surface area contributed by atoms with Crippen molar-refractivity contribution < 1.29 is 14.0 Å². The van der Waals surface area contributed by atoms with E-state index >= 15 is 0 Å². The van der Waals surface area contributed by atoms with E-state index in [4.69, 9.17) is 11.6 Å². The lowest BCUT2D eigenvalue weighted by Gasteiger charge is -2.32. The third-order valence-electron chi connectivity index (χ3n) is 5.96. The number of nitrogens with one attached hydrogen (secondary N) is 1. The predicted octanol–water partition coefficient (Wildman–Crippen LogP) is 6.27. The molecule has 0 bridgehead atoms. The van der Waals surface area contributed by atoms with Gasteiger partial charge in [0.05, 0.1) is 5.75 Å². The van der Waals surface area contributed by atoms with Gasteiger partial charge in [-0.2, -0.15) is 0 Å². The van der Waals surface area contributed by atoms with E-state index < -0.39 is 6.04 Å². The number of hydrogen-bond acceptors (Lipinski definition) is 3. The number of thioether (sulfide) groups is 1. The fourth-order valence-corrected chi connectivity index (χ4v) is 4.88. The number of benzene rings is 3. The zero-order valence-electron chi connectivity index (χ0n) is 20.6. The Balaban J connectivity index is 1.86. The Hall–Kier alpha value is -2.83. The number of amides is 2. The Kier molecular flexibility index (Phi) is 10.8. The van der Waals surface area contributed by atoms with Crippen LogP contribution < -0.4 is 5.32 Å². The van der Waals surface area contributed by atoms with Crippen LogP contribution in [-0.2, 0) is 28.3 Å². The van der Waals surface area contributed by atoms with Crippen LogP contribution in [0.1, 0.15) is 37.0 Å². The van der Waals surface area contributed by atoms with Crippen molar-refractivity contribution in [1.82, 2.24) is 10.2 Å². The maximum Gasteiger partial charge on any atom is 0.243 e. The van der Waals surface area contributed by atoms with Crippen molar-refractivity contribution in [1.29, 1.82) is 0 Å². The summed E-state index contributed by atoms with van der Waals surface area (Å²) in [6.45, 7) is 4.20. The maximum absolute atomic E-state index is 14.1. The summed E-state index contributed by atoms with van der Waals surface area (Å²) in [5, 5.41) is 3.62. The zero-order chi connectivity index (χ0) is 25.9. The molecular weight excluding hydrogens is 495 g/mol. The van der Waals surface area contributed by atoms with E-state index in [1.165, 1.54) is 17.8 Å². The maximum atomic E-state index is 14.1. The molecule has 0 fully saturated rings. The third-order valence-corrected chi connectivity index (χ3v) is 7.16. The smallest absolute Gasteiger partial charge is 0.243 e. The molecule has 0 radical (unpaired) electrons. The normalized spacial score (nSPS) is 12.6. The van der Waals surface area contributed by atoms with Crippen LogP contribution in [0.3, 0.4) is 0 Å². The van der Waals surface area contributed by atoms with Crippen LogP contribution in [0.5, 0.6) is 0 Å². The highest BCUT2D eigenvalue weighted by molar-refractivity contribution is 7.99. The second-order valence-corrected chi connectivity index (χ2v) is 10.2. The van der Waals surface area contributed by atoms with Crippen molar-refractivity contribution >= 4 is 35.2 Å². The summed E-state index contributed by atoms with van der Waals surface area (Å²) in [5.41, 5.74) is 2.35. The van der Waals surface area contributed by atoms with E-state index in [-0.39, 0.29) is 36.0 Å². The van der Waals surface area contributed by atoms with Gasteiger partial charge in [-0.15, -0.1) is 11.8 Å². The Morgan fingerprint density at radius 2 is 1.69 bits per heavy atom. The molecule has 2 atom stereocenters. The lowest BCUT2D eigenvalue weighted by molar-refractivity contribution is -0.139. The summed E-state index contributed by atoms with van der Waals surface area (Å²) in [5.74, 6) is -0.176.